The summed E-state index contributed by atoms with van der Waals surface area (Å²) in [6, 6.07) is 7.24. The molecule has 1 atom stereocenters. The molecule has 2 rings (SSSR count). The van der Waals surface area contributed by atoms with Crippen LogP contribution in [0.2, 0.25) is 0 Å². The van der Waals surface area contributed by atoms with Crippen LogP contribution in [0.15, 0.2) is 28.7 Å². The lowest BCUT2D eigenvalue weighted by molar-refractivity contribution is 0.0160. The van der Waals surface area contributed by atoms with E-state index in [1.807, 2.05) is 18.2 Å². The third-order valence-corrected chi connectivity index (χ3v) is 3.21. The predicted molar refractivity (Wildman–Crippen MR) is 63.4 cm³/mol. The minimum absolute atomic E-state index is 0.0754. The van der Waals surface area contributed by atoms with Gasteiger partial charge in [-0.25, -0.2) is 4.79 Å². The van der Waals surface area contributed by atoms with Crippen LogP contribution in [-0.4, -0.2) is 25.3 Å². The van der Waals surface area contributed by atoms with Crippen molar-refractivity contribution in [3.8, 4) is 0 Å². The lowest BCUT2D eigenvalue weighted by Gasteiger charge is -2.10. The fourth-order valence-electron chi connectivity index (χ4n) is 1.65. The average molecular weight is 285 g/mol. The zero-order valence-corrected chi connectivity index (χ0v) is 10.4. The number of hydrogen-bond acceptors (Lipinski definition) is 3. The number of rotatable bonds is 3. The molecule has 1 saturated heterocycles. The van der Waals surface area contributed by atoms with Gasteiger partial charge < -0.3 is 9.47 Å². The molecule has 0 unspecified atom stereocenters. The van der Waals surface area contributed by atoms with E-state index in [1.165, 1.54) is 0 Å². The van der Waals surface area contributed by atoms with Gasteiger partial charge in [-0.15, -0.1) is 0 Å². The summed E-state index contributed by atoms with van der Waals surface area (Å²) in [6.07, 6.45) is 2.10. The summed E-state index contributed by atoms with van der Waals surface area (Å²) in [5.74, 6) is -0.303. The maximum Gasteiger partial charge on any atom is 0.339 e. The van der Waals surface area contributed by atoms with Gasteiger partial charge in [0.2, 0.25) is 0 Å². The van der Waals surface area contributed by atoms with E-state index in [0.29, 0.717) is 12.2 Å². The fraction of sp³-hybridized carbons (Fsp3) is 0.417. The van der Waals surface area contributed by atoms with Crippen molar-refractivity contribution in [3.05, 3.63) is 34.3 Å². The van der Waals surface area contributed by atoms with Crippen LogP contribution in [0.5, 0.6) is 0 Å². The van der Waals surface area contributed by atoms with Gasteiger partial charge >= 0.3 is 5.97 Å². The average Bonchev–Trinajstić information content (AvgIpc) is 2.79. The first-order valence-corrected chi connectivity index (χ1v) is 6.10. The van der Waals surface area contributed by atoms with Crippen LogP contribution in [0.4, 0.5) is 0 Å². The van der Waals surface area contributed by atoms with Gasteiger partial charge in [-0.3, -0.25) is 0 Å². The van der Waals surface area contributed by atoms with Gasteiger partial charge in [0.15, 0.2) is 0 Å². The second kappa shape index (κ2) is 5.46. The normalized spacial score (nSPS) is 19.7. The number of carbonyl (C=O) groups is 1. The molecule has 0 N–H and O–H groups in total. The van der Waals surface area contributed by atoms with Gasteiger partial charge in [0.25, 0.3) is 0 Å². The number of esters is 1. The molecular weight excluding hydrogens is 272 g/mol. The largest absolute Gasteiger partial charge is 0.459 e. The van der Waals surface area contributed by atoms with Crippen LogP contribution in [0.25, 0.3) is 0 Å². The highest BCUT2D eigenvalue weighted by molar-refractivity contribution is 9.10. The van der Waals surface area contributed by atoms with Crippen LogP contribution in [-0.2, 0) is 9.47 Å². The van der Waals surface area contributed by atoms with E-state index in [2.05, 4.69) is 15.9 Å². The van der Waals surface area contributed by atoms with E-state index in [1.54, 1.807) is 6.07 Å². The molecule has 0 radical (unpaired) electrons. The molecule has 0 saturated carbocycles. The molecule has 0 bridgehead atoms. The van der Waals surface area contributed by atoms with E-state index >= 15 is 0 Å². The number of ether oxygens (including phenoxy) is 2. The lowest BCUT2D eigenvalue weighted by atomic mass is 10.2. The maximum atomic E-state index is 11.7. The first kappa shape index (κ1) is 11.6. The third kappa shape index (κ3) is 2.83. The first-order valence-electron chi connectivity index (χ1n) is 5.30. The zero-order valence-electron chi connectivity index (χ0n) is 8.82. The van der Waals surface area contributed by atoms with Crippen molar-refractivity contribution in [2.24, 2.45) is 0 Å². The molecule has 16 heavy (non-hydrogen) atoms. The molecule has 0 aromatic heterocycles. The molecule has 1 fully saturated rings. The van der Waals surface area contributed by atoms with Gasteiger partial charge in [0, 0.05) is 11.1 Å². The summed E-state index contributed by atoms with van der Waals surface area (Å²) in [5, 5.41) is 0. The molecule has 1 aromatic rings. The van der Waals surface area contributed by atoms with E-state index in [-0.39, 0.29) is 12.1 Å². The lowest BCUT2D eigenvalue weighted by Crippen LogP contribution is -2.18. The molecule has 3 nitrogen and oxygen atoms in total. The molecule has 4 heteroatoms. The molecule has 1 aromatic carbocycles. The Kier molecular flexibility index (Phi) is 3.96. The molecule has 1 heterocycles. The van der Waals surface area contributed by atoms with Gasteiger partial charge in [0.1, 0.15) is 6.61 Å². The van der Waals surface area contributed by atoms with E-state index in [9.17, 15) is 4.79 Å². The summed E-state index contributed by atoms with van der Waals surface area (Å²) in [7, 11) is 0. The Balaban J connectivity index is 1.90. The van der Waals surface area contributed by atoms with Crippen LogP contribution < -0.4 is 0 Å². The van der Waals surface area contributed by atoms with Crippen LogP contribution >= 0.6 is 15.9 Å². The Bertz CT molecular complexity index is 372. The summed E-state index contributed by atoms with van der Waals surface area (Å²) in [4.78, 5) is 11.7. The Morgan fingerprint density at radius 3 is 3.00 bits per heavy atom. The quantitative estimate of drug-likeness (QED) is 0.801. The minimum atomic E-state index is -0.303. The van der Waals surface area contributed by atoms with E-state index in [4.69, 9.17) is 9.47 Å². The SMILES string of the molecule is O=C(OC[C@@H]1CCCO1)c1ccccc1Br. The number of benzene rings is 1. The summed E-state index contributed by atoms with van der Waals surface area (Å²) >= 11 is 3.32. The van der Waals surface area contributed by atoms with Crippen molar-refractivity contribution >= 4 is 21.9 Å². The van der Waals surface area contributed by atoms with Crippen molar-refractivity contribution in [2.75, 3.05) is 13.2 Å². The molecule has 0 spiro atoms. The van der Waals surface area contributed by atoms with Gasteiger partial charge in [-0.05, 0) is 40.9 Å². The Hall–Kier alpha value is -0.870. The summed E-state index contributed by atoms with van der Waals surface area (Å²) < 4.78 is 11.3. The second-order valence-electron chi connectivity index (χ2n) is 3.71. The van der Waals surface area contributed by atoms with Crippen molar-refractivity contribution in [2.45, 2.75) is 18.9 Å². The van der Waals surface area contributed by atoms with Crippen LogP contribution in [0.3, 0.4) is 0 Å². The molecule has 1 aliphatic heterocycles. The van der Waals surface area contributed by atoms with Crippen molar-refractivity contribution in [3.63, 3.8) is 0 Å². The number of hydrogen-bond donors (Lipinski definition) is 0. The standard InChI is InChI=1S/C12H13BrO3/c13-11-6-2-1-5-10(11)12(14)16-8-9-4-3-7-15-9/h1-2,5-6,9H,3-4,7-8H2/t9-/m0/s1. The highest BCUT2D eigenvalue weighted by atomic mass is 79.9. The first-order chi connectivity index (χ1) is 7.77. The Morgan fingerprint density at radius 1 is 1.50 bits per heavy atom. The zero-order chi connectivity index (χ0) is 11.4. The fourth-order valence-corrected chi connectivity index (χ4v) is 2.10. The number of halogens is 1. The minimum Gasteiger partial charge on any atom is -0.459 e. The summed E-state index contributed by atoms with van der Waals surface area (Å²) in [5.41, 5.74) is 0.556. The van der Waals surface area contributed by atoms with Crippen LogP contribution in [0, 0.1) is 0 Å². The molecule has 1 aliphatic rings. The second-order valence-corrected chi connectivity index (χ2v) is 4.57. The van der Waals surface area contributed by atoms with Crippen molar-refractivity contribution in [1.29, 1.82) is 0 Å². The highest BCUT2D eigenvalue weighted by Gasteiger charge is 2.18. The molecule has 0 aliphatic carbocycles. The monoisotopic (exact) mass is 284 g/mol. The van der Waals surface area contributed by atoms with E-state index in [0.717, 1.165) is 23.9 Å². The maximum absolute atomic E-state index is 11.7. The van der Waals surface area contributed by atoms with Crippen molar-refractivity contribution in [1.82, 2.24) is 0 Å². The smallest absolute Gasteiger partial charge is 0.339 e. The topological polar surface area (TPSA) is 35.5 Å². The third-order valence-electron chi connectivity index (χ3n) is 2.52. The van der Waals surface area contributed by atoms with Crippen LogP contribution in [0.1, 0.15) is 23.2 Å². The molecule has 0 amide bonds. The van der Waals surface area contributed by atoms with Gasteiger partial charge in [0.05, 0.1) is 11.7 Å². The highest BCUT2D eigenvalue weighted by Crippen LogP contribution is 2.18. The molecular formula is C12H13BrO3. The van der Waals surface area contributed by atoms with E-state index < -0.39 is 0 Å². The van der Waals surface area contributed by atoms with Crippen molar-refractivity contribution < 1.29 is 14.3 Å². The number of carbonyl (C=O) groups excluding carboxylic acids is 1. The van der Waals surface area contributed by atoms with Gasteiger partial charge in [-0.2, -0.15) is 0 Å². The Morgan fingerprint density at radius 2 is 2.31 bits per heavy atom. The summed E-state index contributed by atoms with van der Waals surface area (Å²) in [6.45, 7) is 1.12. The molecule has 86 valence electrons. The predicted octanol–water partition coefficient (Wildman–Crippen LogP) is 2.78. The van der Waals surface area contributed by atoms with Gasteiger partial charge in [-0.1, -0.05) is 12.1 Å². The Labute approximate surface area is 103 Å².